The normalized spacial score (nSPS) is 24.8. The molecule has 2 nitrogen and oxygen atoms in total. The highest BCUT2D eigenvalue weighted by Crippen LogP contribution is 2.49. The summed E-state index contributed by atoms with van der Waals surface area (Å²) in [6.45, 7) is 5.89. The minimum atomic E-state index is 0.623. The number of aryl methyl sites for hydroxylation is 1. The molecule has 2 aliphatic heterocycles. The molecule has 1 aromatic rings. The second-order valence-corrected chi connectivity index (χ2v) is 11.1. The van der Waals surface area contributed by atoms with E-state index in [9.17, 15) is 0 Å². The Hall–Kier alpha value is -3.06. The Balaban J connectivity index is 1.42. The largest absolute Gasteiger partial charge is 0.372 e. The third-order valence-corrected chi connectivity index (χ3v) is 8.65. The molecule has 2 unspecified atom stereocenters. The van der Waals surface area contributed by atoms with Crippen LogP contribution in [0.3, 0.4) is 0 Å². The van der Waals surface area contributed by atoms with Crippen LogP contribution in [0.2, 0.25) is 0 Å². The number of allylic oxidation sites excluding steroid dienone is 10. The zero-order chi connectivity index (χ0) is 25.2. The summed E-state index contributed by atoms with van der Waals surface area (Å²) < 4.78 is 6.01. The third-order valence-electron chi connectivity index (χ3n) is 8.65. The first-order chi connectivity index (χ1) is 18.2. The molecule has 37 heavy (non-hydrogen) atoms. The number of nitrogens with zero attached hydrogens (tertiary/aromatic N) is 1. The predicted molar refractivity (Wildman–Crippen MR) is 156 cm³/mol. The molecular weight excluding hydrogens is 450 g/mol. The van der Waals surface area contributed by atoms with Gasteiger partial charge in [0.2, 0.25) is 0 Å². The van der Waals surface area contributed by atoms with E-state index in [1.807, 2.05) is 0 Å². The average Bonchev–Trinajstić information content (AvgIpc) is 3.22. The van der Waals surface area contributed by atoms with Gasteiger partial charge in [0.05, 0.1) is 13.2 Å². The van der Waals surface area contributed by atoms with Gasteiger partial charge in [-0.15, -0.1) is 5.73 Å². The number of benzene rings is 1. The maximum atomic E-state index is 6.01. The smallest absolute Gasteiger partial charge is 0.0799 e. The third kappa shape index (κ3) is 4.81. The fraction of sp³-hybridized carbons (Fsp3) is 0.400. The van der Waals surface area contributed by atoms with Crippen LogP contribution in [0.25, 0.3) is 6.08 Å². The molecule has 1 aromatic carbocycles. The van der Waals surface area contributed by atoms with Gasteiger partial charge in [-0.1, -0.05) is 55.9 Å². The number of fused-ring (bicyclic) bond motifs is 4. The maximum absolute atomic E-state index is 6.01. The summed E-state index contributed by atoms with van der Waals surface area (Å²) in [6, 6.07) is 5.50. The molecule has 5 aliphatic rings. The molecule has 190 valence electrons. The number of anilines is 1. The van der Waals surface area contributed by atoms with Crippen molar-refractivity contribution in [2.24, 2.45) is 0 Å². The topological polar surface area (TPSA) is 12.5 Å². The first kappa shape index (κ1) is 24.3. The van der Waals surface area contributed by atoms with Crippen LogP contribution in [0.15, 0.2) is 94.5 Å². The minimum absolute atomic E-state index is 0.623. The molecule has 1 saturated carbocycles. The Kier molecular flexibility index (Phi) is 7.05. The lowest BCUT2D eigenvalue weighted by molar-refractivity contribution is 0.170. The van der Waals surface area contributed by atoms with Gasteiger partial charge in [0.1, 0.15) is 0 Å². The summed E-state index contributed by atoms with van der Waals surface area (Å²) in [4.78, 5) is 2.72. The molecule has 3 aliphatic carbocycles. The Morgan fingerprint density at radius 2 is 2.05 bits per heavy atom. The van der Waals surface area contributed by atoms with Crippen LogP contribution >= 0.6 is 0 Å². The van der Waals surface area contributed by atoms with Gasteiger partial charge >= 0.3 is 0 Å². The molecule has 0 spiro atoms. The Labute approximate surface area is 222 Å². The number of rotatable bonds is 4. The number of hydrogen-bond acceptors (Lipinski definition) is 2. The Morgan fingerprint density at radius 3 is 2.92 bits per heavy atom. The molecule has 0 amide bonds. The van der Waals surface area contributed by atoms with Crippen molar-refractivity contribution in [1.82, 2.24) is 0 Å². The van der Waals surface area contributed by atoms with Gasteiger partial charge in [-0.05, 0) is 115 Å². The molecular formula is C35H39NO. The summed E-state index contributed by atoms with van der Waals surface area (Å²) in [5.41, 5.74) is 16.1. The molecule has 6 rings (SSSR count). The van der Waals surface area contributed by atoms with Crippen molar-refractivity contribution in [1.29, 1.82) is 0 Å². The molecule has 0 saturated heterocycles. The van der Waals surface area contributed by atoms with E-state index in [1.54, 1.807) is 5.56 Å². The van der Waals surface area contributed by atoms with E-state index < -0.39 is 0 Å². The van der Waals surface area contributed by atoms with Gasteiger partial charge in [-0.2, -0.15) is 0 Å². The van der Waals surface area contributed by atoms with Gasteiger partial charge in [-0.25, -0.2) is 0 Å². The van der Waals surface area contributed by atoms with Crippen LogP contribution in [0, 0.1) is 6.92 Å². The number of ether oxygens (including phenoxy) is 1. The van der Waals surface area contributed by atoms with E-state index >= 15 is 0 Å². The molecule has 0 radical (unpaired) electrons. The van der Waals surface area contributed by atoms with Crippen LogP contribution in [-0.4, -0.2) is 19.3 Å². The average molecular weight is 490 g/mol. The highest BCUT2D eigenvalue weighted by Gasteiger charge is 2.37. The van der Waals surface area contributed by atoms with Crippen LogP contribution in [0.5, 0.6) is 0 Å². The molecule has 2 bridgehead atoms. The quantitative estimate of drug-likeness (QED) is 0.392. The van der Waals surface area contributed by atoms with E-state index in [1.165, 1.54) is 70.5 Å². The fourth-order valence-electron chi connectivity index (χ4n) is 6.93. The van der Waals surface area contributed by atoms with Gasteiger partial charge < -0.3 is 9.64 Å². The summed E-state index contributed by atoms with van der Waals surface area (Å²) >= 11 is 0. The van der Waals surface area contributed by atoms with Crippen LogP contribution in [-0.2, 0) is 4.74 Å². The van der Waals surface area contributed by atoms with Gasteiger partial charge in [0, 0.05) is 23.0 Å². The zero-order valence-corrected chi connectivity index (χ0v) is 22.4. The molecule has 2 atom stereocenters. The lowest BCUT2D eigenvalue weighted by Crippen LogP contribution is -2.43. The van der Waals surface area contributed by atoms with E-state index in [0.29, 0.717) is 18.6 Å². The monoisotopic (exact) mass is 489 g/mol. The van der Waals surface area contributed by atoms with E-state index in [-0.39, 0.29) is 0 Å². The lowest BCUT2D eigenvalue weighted by atomic mass is 9.74. The van der Waals surface area contributed by atoms with E-state index in [2.05, 4.69) is 91.3 Å². The molecule has 1 fully saturated rings. The van der Waals surface area contributed by atoms with E-state index in [4.69, 9.17) is 4.74 Å². The van der Waals surface area contributed by atoms with Crippen molar-refractivity contribution in [2.45, 2.75) is 77.2 Å². The van der Waals surface area contributed by atoms with Crippen LogP contribution in [0.4, 0.5) is 5.69 Å². The van der Waals surface area contributed by atoms with E-state index in [0.717, 1.165) is 32.3 Å². The molecule has 2 heterocycles. The summed E-state index contributed by atoms with van der Waals surface area (Å²) in [5.74, 6) is 0.679. The van der Waals surface area contributed by atoms with Crippen LogP contribution < -0.4 is 4.90 Å². The van der Waals surface area contributed by atoms with Crippen molar-refractivity contribution in [3.63, 3.8) is 0 Å². The van der Waals surface area contributed by atoms with Gasteiger partial charge in [-0.3, -0.25) is 0 Å². The zero-order valence-electron chi connectivity index (χ0n) is 22.4. The van der Waals surface area contributed by atoms with Crippen molar-refractivity contribution < 1.29 is 4.74 Å². The van der Waals surface area contributed by atoms with Crippen molar-refractivity contribution in [3.8, 4) is 0 Å². The van der Waals surface area contributed by atoms with Gasteiger partial charge in [0.15, 0.2) is 0 Å². The highest BCUT2D eigenvalue weighted by atomic mass is 16.5. The summed E-state index contributed by atoms with van der Waals surface area (Å²) in [5, 5.41) is 0. The van der Waals surface area contributed by atoms with Crippen molar-refractivity contribution in [3.05, 3.63) is 111 Å². The first-order valence-corrected chi connectivity index (χ1v) is 14.3. The minimum Gasteiger partial charge on any atom is -0.372 e. The highest BCUT2D eigenvalue weighted by molar-refractivity contribution is 5.71. The van der Waals surface area contributed by atoms with Crippen molar-refractivity contribution in [2.75, 3.05) is 18.1 Å². The standard InChI is InChI=1S/C35H39NO/c1-3-27-23-37-24-30(34(27)28-12-7-4-5-8-13-28)19-18-26-20-25(2)35-33(21-26)29-14-11-17-32(22-29)36(35)31-15-9-6-10-16-31/h4-7,9,12-13,15,18,20-21,29,32H,3,8,10-11,14,16-17,22-24H2,1-2H3. The predicted octanol–water partition coefficient (Wildman–Crippen LogP) is 8.79. The molecule has 0 N–H and O–H groups in total. The molecule has 0 aromatic heterocycles. The second-order valence-electron chi connectivity index (χ2n) is 11.1. The van der Waals surface area contributed by atoms with Crippen LogP contribution in [0.1, 0.15) is 80.9 Å². The lowest BCUT2D eigenvalue weighted by Gasteiger charge is -2.47. The maximum Gasteiger partial charge on any atom is 0.0799 e. The number of hydrogen-bond donors (Lipinski definition) is 0. The van der Waals surface area contributed by atoms with Crippen molar-refractivity contribution >= 4 is 11.8 Å². The van der Waals surface area contributed by atoms with Gasteiger partial charge in [0.25, 0.3) is 0 Å². The fourth-order valence-corrected chi connectivity index (χ4v) is 6.93. The first-order valence-electron chi connectivity index (χ1n) is 14.3. The second kappa shape index (κ2) is 10.7. The molecule has 2 heteroatoms. The summed E-state index contributed by atoms with van der Waals surface area (Å²) in [6.07, 6.45) is 29.7. The summed E-state index contributed by atoms with van der Waals surface area (Å²) in [7, 11) is 0. The Morgan fingerprint density at radius 1 is 1.11 bits per heavy atom. The Bertz CT molecular complexity index is 1320. The SMILES string of the molecule is CCC1=C(C2=CCC=CC=C2)C(=C=Cc2cc(C)c3c(c2)C2CCCC(C2)N3C2=CC=CCC2)COC1.